The van der Waals surface area contributed by atoms with Crippen LogP contribution in [-0.4, -0.2) is 35.1 Å². The number of aromatic carboxylic acids is 1. The van der Waals surface area contributed by atoms with Gasteiger partial charge in [0.2, 0.25) is 0 Å². The molecule has 0 atom stereocenters. The van der Waals surface area contributed by atoms with Gasteiger partial charge in [-0.2, -0.15) is 0 Å². The lowest BCUT2D eigenvalue weighted by Gasteiger charge is -2.18. The van der Waals surface area contributed by atoms with E-state index in [1.165, 1.54) is 0 Å². The van der Waals surface area contributed by atoms with Crippen molar-refractivity contribution in [2.45, 2.75) is 6.92 Å². The second-order valence-electron chi connectivity index (χ2n) is 4.45. The van der Waals surface area contributed by atoms with Gasteiger partial charge in [0, 0.05) is 43.3 Å². The molecule has 0 aliphatic heterocycles. The Balaban J connectivity index is 2.76. The van der Waals surface area contributed by atoms with Crippen LogP contribution >= 0.6 is 0 Å². The van der Waals surface area contributed by atoms with Crippen LogP contribution in [0.25, 0.3) is 11.1 Å². The number of hydrogen-bond donors (Lipinski definition) is 1. The van der Waals surface area contributed by atoms with E-state index in [2.05, 4.69) is 9.97 Å². The van der Waals surface area contributed by atoms with Crippen LogP contribution in [0.15, 0.2) is 30.6 Å². The first-order valence-corrected chi connectivity index (χ1v) is 5.83. The molecular formula is C14H15N3O2. The molecule has 0 unspecified atom stereocenters. The number of aryl methyl sites for hydroxylation is 1. The van der Waals surface area contributed by atoms with Crippen molar-refractivity contribution in [1.29, 1.82) is 0 Å². The maximum atomic E-state index is 11.5. The molecule has 2 heterocycles. The van der Waals surface area contributed by atoms with Crippen LogP contribution in [0, 0.1) is 6.92 Å². The molecular weight excluding hydrogens is 242 g/mol. The van der Waals surface area contributed by atoms with Crippen molar-refractivity contribution in [1.82, 2.24) is 9.97 Å². The zero-order valence-corrected chi connectivity index (χ0v) is 11.1. The Labute approximate surface area is 111 Å². The van der Waals surface area contributed by atoms with Crippen LogP contribution in [0.4, 0.5) is 5.82 Å². The molecule has 2 aromatic rings. The Bertz CT molecular complexity index is 610. The molecule has 5 heteroatoms. The van der Waals surface area contributed by atoms with E-state index in [4.69, 9.17) is 0 Å². The SMILES string of the molecule is Cc1cc(-c2cccnc2)c(C(=O)O)c(N(C)C)n1. The molecule has 0 saturated carbocycles. The van der Waals surface area contributed by atoms with Crippen LogP contribution in [0.1, 0.15) is 16.1 Å². The molecule has 19 heavy (non-hydrogen) atoms. The molecule has 5 nitrogen and oxygen atoms in total. The number of rotatable bonds is 3. The topological polar surface area (TPSA) is 66.3 Å². The van der Waals surface area contributed by atoms with Crippen molar-refractivity contribution >= 4 is 11.8 Å². The quantitative estimate of drug-likeness (QED) is 0.913. The number of nitrogens with zero attached hydrogens (tertiary/aromatic N) is 3. The maximum absolute atomic E-state index is 11.5. The fourth-order valence-electron chi connectivity index (χ4n) is 1.94. The molecule has 1 N–H and O–H groups in total. The molecule has 98 valence electrons. The average Bonchev–Trinajstić information content (AvgIpc) is 2.38. The first-order chi connectivity index (χ1) is 9.00. The third-order valence-electron chi connectivity index (χ3n) is 2.74. The lowest BCUT2D eigenvalue weighted by atomic mass is 10.0. The number of hydrogen-bond acceptors (Lipinski definition) is 4. The Morgan fingerprint density at radius 3 is 2.63 bits per heavy atom. The molecule has 0 spiro atoms. The van der Waals surface area contributed by atoms with E-state index in [1.54, 1.807) is 43.5 Å². The zero-order valence-electron chi connectivity index (χ0n) is 11.1. The summed E-state index contributed by atoms with van der Waals surface area (Å²) in [5.41, 5.74) is 2.38. The minimum absolute atomic E-state index is 0.198. The van der Waals surface area contributed by atoms with Crippen molar-refractivity contribution in [3.63, 3.8) is 0 Å². The van der Waals surface area contributed by atoms with Gasteiger partial charge in [-0.25, -0.2) is 9.78 Å². The van der Waals surface area contributed by atoms with Gasteiger partial charge in [0.1, 0.15) is 11.4 Å². The maximum Gasteiger partial charge on any atom is 0.340 e. The summed E-state index contributed by atoms with van der Waals surface area (Å²) in [5.74, 6) is -0.540. The number of pyridine rings is 2. The van der Waals surface area contributed by atoms with Gasteiger partial charge in [0.05, 0.1) is 0 Å². The fraction of sp³-hybridized carbons (Fsp3) is 0.214. The first kappa shape index (κ1) is 13.0. The van der Waals surface area contributed by atoms with Crippen LogP contribution in [0.5, 0.6) is 0 Å². The second kappa shape index (κ2) is 5.06. The van der Waals surface area contributed by atoms with E-state index in [1.807, 2.05) is 13.0 Å². The number of carboxylic acid groups (broad SMARTS) is 1. The van der Waals surface area contributed by atoms with Gasteiger partial charge in [-0.1, -0.05) is 6.07 Å². The Kier molecular flexibility index (Phi) is 3.46. The highest BCUT2D eigenvalue weighted by molar-refractivity contribution is 6.01. The zero-order chi connectivity index (χ0) is 14.0. The third-order valence-corrected chi connectivity index (χ3v) is 2.74. The lowest BCUT2D eigenvalue weighted by molar-refractivity contribution is 0.0698. The molecule has 2 rings (SSSR count). The van der Waals surface area contributed by atoms with Crippen molar-refractivity contribution < 1.29 is 9.90 Å². The lowest BCUT2D eigenvalue weighted by Crippen LogP contribution is -2.17. The van der Waals surface area contributed by atoms with Gasteiger partial charge in [-0.3, -0.25) is 4.98 Å². The van der Waals surface area contributed by atoms with Crippen molar-refractivity contribution in [3.05, 3.63) is 41.9 Å². The largest absolute Gasteiger partial charge is 0.478 e. The molecule has 0 aliphatic rings. The van der Waals surface area contributed by atoms with Gasteiger partial charge in [-0.05, 0) is 19.1 Å². The summed E-state index contributed by atoms with van der Waals surface area (Å²) in [5, 5.41) is 9.46. The van der Waals surface area contributed by atoms with E-state index < -0.39 is 5.97 Å². The average molecular weight is 257 g/mol. The molecule has 2 aromatic heterocycles. The smallest absolute Gasteiger partial charge is 0.340 e. The van der Waals surface area contributed by atoms with Gasteiger partial charge < -0.3 is 10.0 Å². The highest BCUT2D eigenvalue weighted by atomic mass is 16.4. The van der Waals surface area contributed by atoms with E-state index in [0.29, 0.717) is 11.4 Å². The first-order valence-electron chi connectivity index (χ1n) is 5.83. The summed E-state index contributed by atoms with van der Waals surface area (Å²) in [6.45, 7) is 1.85. The summed E-state index contributed by atoms with van der Waals surface area (Å²) in [6, 6.07) is 5.40. The van der Waals surface area contributed by atoms with Crippen molar-refractivity contribution in [2.75, 3.05) is 19.0 Å². The highest BCUT2D eigenvalue weighted by Crippen LogP contribution is 2.29. The molecule has 0 amide bonds. The van der Waals surface area contributed by atoms with E-state index in [0.717, 1.165) is 11.3 Å². The Morgan fingerprint density at radius 2 is 2.11 bits per heavy atom. The van der Waals surface area contributed by atoms with E-state index in [-0.39, 0.29) is 5.56 Å². The monoisotopic (exact) mass is 257 g/mol. The van der Waals surface area contributed by atoms with E-state index >= 15 is 0 Å². The van der Waals surface area contributed by atoms with Gasteiger partial charge in [-0.15, -0.1) is 0 Å². The molecule has 0 fully saturated rings. The minimum atomic E-state index is -0.991. The number of aromatic nitrogens is 2. The van der Waals surface area contributed by atoms with E-state index in [9.17, 15) is 9.90 Å². The molecule has 0 aliphatic carbocycles. The summed E-state index contributed by atoms with van der Waals surface area (Å²) in [6.07, 6.45) is 3.31. The van der Waals surface area contributed by atoms with Gasteiger partial charge >= 0.3 is 5.97 Å². The highest BCUT2D eigenvalue weighted by Gasteiger charge is 2.20. The van der Waals surface area contributed by atoms with Crippen molar-refractivity contribution in [2.24, 2.45) is 0 Å². The molecule has 0 radical (unpaired) electrons. The molecule has 0 bridgehead atoms. The summed E-state index contributed by atoms with van der Waals surface area (Å²) in [7, 11) is 3.56. The van der Waals surface area contributed by atoms with Crippen LogP contribution in [0.3, 0.4) is 0 Å². The van der Waals surface area contributed by atoms with Gasteiger partial charge in [0.25, 0.3) is 0 Å². The predicted octanol–water partition coefficient (Wildman–Crippen LogP) is 2.22. The minimum Gasteiger partial charge on any atom is -0.478 e. The van der Waals surface area contributed by atoms with Crippen molar-refractivity contribution in [3.8, 4) is 11.1 Å². The van der Waals surface area contributed by atoms with Crippen LogP contribution in [-0.2, 0) is 0 Å². The van der Waals surface area contributed by atoms with Crippen LogP contribution < -0.4 is 4.90 Å². The summed E-state index contributed by atoms with van der Waals surface area (Å²) in [4.78, 5) is 21.6. The Morgan fingerprint density at radius 1 is 1.37 bits per heavy atom. The predicted molar refractivity (Wildman–Crippen MR) is 73.5 cm³/mol. The van der Waals surface area contributed by atoms with Gasteiger partial charge in [0.15, 0.2) is 0 Å². The fourth-order valence-corrected chi connectivity index (χ4v) is 1.94. The molecule has 0 aromatic carbocycles. The Hall–Kier alpha value is -2.43. The number of anilines is 1. The van der Waals surface area contributed by atoms with Crippen LogP contribution in [0.2, 0.25) is 0 Å². The summed E-state index contributed by atoms with van der Waals surface area (Å²) < 4.78 is 0. The normalized spacial score (nSPS) is 10.3. The third kappa shape index (κ3) is 2.54. The standard InChI is InChI=1S/C14H15N3O2/c1-9-7-11(10-5-4-6-15-8-10)12(14(18)19)13(16-9)17(2)3/h4-8H,1-3H3,(H,18,19). The molecule has 0 saturated heterocycles. The number of carboxylic acids is 1. The second-order valence-corrected chi connectivity index (χ2v) is 4.45. The summed E-state index contributed by atoms with van der Waals surface area (Å²) >= 11 is 0. The number of carbonyl (C=O) groups is 1.